The first-order valence-corrected chi connectivity index (χ1v) is 2.70. The molecule has 0 unspecified atom stereocenters. The maximum atomic E-state index is 11.4. The van der Waals surface area contributed by atoms with E-state index < -0.39 is 12.6 Å². The smallest absolute Gasteiger partial charge is 0.133 e. The predicted octanol–water partition coefficient (Wildman–Crippen LogP) is 1.40. The molecule has 0 aromatic carbocycles. The van der Waals surface area contributed by atoms with Crippen LogP contribution in [0.4, 0.5) is 4.39 Å². The van der Waals surface area contributed by atoms with E-state index in [4.69, 9.17) is 10.5 Å². The Labute approximate surface area is 53.5 Å². The van der Waals surface area contributed by atoms with Gasteiger partial charge in [0.1, 0.15) is 5.92 Å². The summed E-state index contributed by atoms with van der Waals surface area (Å²) < 4.78 is 11.4. The van der Waals surface area contributed by atoms with E-state index in [2.05, 4.69) is 0 Å². The zero-order valence-electron chi connectivity index (χ0n) is 4.97. The van der Waals surface area contributed by atoms with Gasteiger partial charge < -0.3 is 0 Å². The van der Waals surface area contributed by atoms with E-state index in [0.717, 1.165) is 0 Å². The maximum absolute atomic E-state index is 11.4. The lowest BCUT2D eigenvalue weighted by molar-refractivity contribution is 0.453. The van der Waals surface area contributed by atoms with Crippen LogP contribution in [0.25, 0.3) is 0 Å². The van der Waals surface area contributed by atoms with Gasteiger partial charge >= 0.3 is 0 Å². The average molecular weight is 126 g/mol. The minimum absolute atomic E-state index is 0.311. The van der Waals surface area contributed by atoms with E-state index >= 15 is 0 Å². The highest BCUT2D eigenvalue weighted by molar-refractivity contribution is 4.98. The molecule has 0 aromatic heterocycles. The number of halogens is 1. The molecular weight excluding hydrogens is 119 g/mol. The molecule has 0 amide bonds. The van der Waals surface area contributed by atoms with Gasteiger partial charge in [-0.25, -0.2) is 0 Å². The number of nitrogens with zero attached hydrogens (tertiary/aromatic N) is 2. The van der Waals surface area contributed by atoms with E-state index in [1.54, 1.807) is 12.1 Å². The Morgan fingerprint density at radius 3 is 2.22 bits per heavy atom. The van der Waals surface area contributed by atoms with Crippen molar-refractivity contribution >= 4 is 0 Å². The van der Waals surface area contributed by atoms with Gasteiger partial charge in [0.2, 0.25) is 0 Å². The van der Waals surface area contributed by atoms with Crippen molar-refractivity contribution in [3.05, 3.63) is 0 Å². The first-order chi connectivity index (χ1) is 4.35. The molecule has 48 valence electrons. The quantitative estimate of drug-likeness (QED) is 0.573. The van der Waals surface area contributed by atoms with Crippen LogP contribution in [-0.2, 0) is 0 Å². The number of nitriles is 2. The van der Waals surface area contributed by atoms with Crippen LogP contribution in [-0.4, -0.2) is 6.67 Å². The number of hydrogen-bond acceptors (Lipinski definition) is 2. The summed E-state index contributed by atoms with van der Waals surface area (Å²) in [4.78, 5) is 0. The van der Waals surface area contributed by atoms with E-state index in [9.17, 15) is 4.39 Å². The first-order valence-electron chi connectivity index (χ1n) is 2.70. The predicted molar refractivity (Wildman–Crippen MR) is 29.9 cm³/mol. The molecule has 2 nitrogen and oxygen atoms in total. The monoisotopic (exact) mass is 126 g/mol. The molecule has 0 saturated heterocycles. The van der Waals surface area contributed by atoms with Crippen LogP contribution in [0, 0.1) is 28.6 Å². The highest BCUT2D eigenvalue weighted by atomic mass is 19.1. The molecule has 0 rings (SSSR count). The minimum atomic E-state index is -0.624. The molecule has 0 fully saturated rings. The van der Waals surface area contributed by atoms with E-state index in [0.29, 0.717) is 12.8 Å². The van der Waals surface area contributed by atoms with Crippen molar-refractivity contribution in [2.75, 3.05) is 6.67 Å². The van der Waals surface area contributed by atoms with E-state index in [-0.39, 0.29) is 0 Å². The third-order valence-electron chi connectivity index (χ3n) is 0.938. The van der Waals surface area contributed by atoms with Crippen molar-refractivity contribution < 1.29 is 4.39 Å². The Morgan fingerprint density at radius 2 is 1.89 bits per heavy atom. The summed E-state index contributed by atoms with van der Waals surface area (Å²) in [6.07, 6.45) is 0.662. The molecule has 0 atom stereocenters. The molecule has 0 saturated carbocycles. The number of alkyl halides is 1. The zero-order valence-corrected chi connectivity index (χ0v) is 4.97. The van der Waals surface area contributed by atoms with Crippen LogP contribution in [0.15, 0.2) is 0 Å². The fourth-order valence-electron chi connectivity index (χ4n) is 0.439. The van der Waals surface area contributed by atoms with Crippen LogP contribution in [0.2, 0.25) is 0 Å². The second-order valence-corrected chi connectivity index (χ2v) is 1.64. The molecule has 0 aliphatic carbocycles. The van der Waals surface area contributed by atoms with Crippen LogP contribution in [0.1, 0.15) is 12.8 Å². The third kappa shape index (κ3) is 3.49. The molecule has 0 aliphatic rings. The Kier molecular flexibility index (Phi) is 4.44. The SMILES string of the molecule is N#CC(C#N)CCCF. The Bertz CT molecular complexity index is 128. The highest BCUT2D eigenvalue weighted by Gasteiger charge is 2.02. The highest BCUT2D eigenvalue weighted by Crippen LogP contribution is 2.02. The standard InChI is InChI=1S/C6H7FN2/c7-3-1-2-6(4-8)5-9/h6H,1-3H2. The lowest BCUT2D eigenvalue weighted by Gasteiger charge is -1.92. The van der Waals surface area contributed by atoms with E-state index in [1.165, 1.54) is 0 Å². The number of hydrogen-bond donors (Lipinski definition) is 0. The molecule has 0 heterocycles. The average Bonchev–Trinajstić information content (AvgIpc) is 1.91. The number of rotatable bonds is 3. The normalized spacial score (nSPS) is 8.44. The van der Waals surface area contributed by atoms with Gasteiger partial charge in [-0.15, -0.1) is 0 Å². The third-order valence-corrected chi connectivity index (χ3v) is 0.938. The van der Waals surface area contributed by atoms with Gasteiger partial charge in [0.25, 0.3) is 0 Å². The van der Waals surface area contributed by atoms with Crippen LogP contribution >= 0.6 is 0 Å². The molecule has 0 spiro atoms. The molecule has 0 radical (unpaired) electrons. The van der Waals surface area contributed by atoms with Gasteiger partial charge in [-0.05, 0) is 12.8 Å². The summed E-state index contributed by atoms with van der Waals surface area (Å²) in [6, 6.07) is 3.52. The first kappa shape index (κ1) is 7.91. The Hall–Kier alpha value is -1.09. The van der Waals surface area contributed by atoms with Gasteiger partial charge in [-0.3, -0.25) is 4.39 Å². The summed E-state index contributed by atoms with van der Waals surface area (Å²) in [6.45, 7) is -0.445. The van der Waals surface area contributed by atoms with Crippen molar-refractivity contribution in [3.63, 3.8) is 0 Å². The van der Waals surface area contributed by atoms with Gasteiger partial charge in [0.05, 0.1) is 18.8 Å². The molecular formula is C6H7FN2. The Balaban J connectivity index is 3.38. The van der Waals surface area contributed by atoms with Crippen molar-refractivity contribution in [1.29, 1.82) is 10.5 Å². The fourth-order valence-corrected chi connectivity index (χ4v) is 0.439. The topological polar surface area (TPSA) is 47.6 Å². The summed E-state index contributed by atoms with van der Waals surface area (Å²) in [5.41, 5.74) is 0. The van der Waals surface area contributed by atoms with Gasteiger partial charge in [-0.1, -0.05) is 0 Å². The summed E-state index contributed by atoms with van der Waals surface area (Å²) in [5.74, 6) is -0.624. The second-order valence-electron chi connectivity index (χ2n) is 1.64. The minimum Gasteiger partial charge on any atom is -0.251 e. The fraction of sp³-hybridized carbons (Fsp3) is 0.667. The second kappa shape index (κ2) is 5.05. The lowest BCUT2D eigenvalue weighted by Crippen LogP contribution is -1.92. The molecule has 0 bridgehead atoms. The van der Waals surface area contributed by atoms with Crippen molar-refractivity contribution in [3.8, 4) is 12.1 Å². The molecule has 0 aromatic rings. The molecule has 0 aliphatic heterocycles. The molecule has 3 heteroatoms. The largest absolute Gasteiger partial charge is 0.251 e. The van der Waals surface area contributed by atoms with Crippen LogP contribution in [0.5, 0.6) is 0 Å². The summed E-state index contributed by atoms with van der Waals surface area (Å²) >= 11 is 0. The zero-order chi connectivity index (χ0) is 7.11. The molecule has 9 heavy (non-hydrogen) atoms. The lowest BCUT2D eigenvalue weighted by atomic mass is 10.1. The van der Waals surface area contributed by atoms with E-state index in [1.807, 2.05) is 0 Å². The van der Waals surface area contributed by atoms with Crippen molar-refractivity contribution in [1.82, 2.24) is 0 Å². The van der Waals surface area contributed by atoms with Crippen molar-refractivity contribution in [2.24, 2.45) is 5.92 Å². The summed E-state index contributed by atoms with van der Waals surface area (Å²) in [7, 11) is 0. The van der Waals surface area contributed by atoms with Gasteiger partial charge in [0, 0.05) is 0 Å². The Morgan fingerprint density at radius 1 is 1.33 bits per heavy atom. The molecule has 0 N–H and O–H groups in total. The van der Waals surface area contributed by atoms with Crippen molar-refractivity contribution in [2.45, 2.75) is 12.8 Å². The maximum Gasteiger partial charge on any atom is 0.133 e. The van der Waals surface area contributed by atoms with Gasteiger partial charge in [-0.2, -0.15) is 10.5 Å². The summed E-state index contributed by atoms with van der Waals surface area (Å²) in [5, 5.41) is 16.3. The van der Waals surface area contributed by atoms with Crippen LogP contribution in [0.3, 0.4) is 0 Å². The van der Waals surface area contributed by atoms with Gasteiger partial charge in [0.15, 0.2) is 0 Å². The van der Waals surface area contributed by atoms with Crippen LogP contribution < -0.4 is 0 Å².